The Morgan fingerprint density at radius 3 is 2.52 bits per heavy atom. The number of hydrogen-bond donors (Lipinski definition) is 2. The Kier molecular flexibility index (Phi) is 5.96. The number of aliphatic imine (C=N–C) groups is 1. The molecule has 1 aliphatic rings. The van der Waals surface area contributed by atoms with Gasteiger partial charge in [0, 0.05) is 24.7 Å². The van der Waals surface area contributed by atoms with E-state index < -0.39 is 11.6 Å². The number of nitrogens with one attached hydrogen (secondary N) is 2. The zero-order valence-corrected chi connectivity index (χ0v) is 12.5. The lowest BCUT2D eigenvalue weighted by molar-refractivity contribution is 0.555. The second kappa shape index (κ2) is 7.96. The van der Waals surface area contributed by atoms with Crippen LogP contribution >= 0.6 is 0 Å². The minimum Gasteiger partial charge on any atom is -0.357 e. The molecule has 2 rings (SSSR count). The van der Waals surface area contributed by atoms with Crippen LogP contribution in [0.1, 0.15) is 38.2 Å². The molecular weight excluding hydrogens is 272 g/mol. The number of rotatable bonds is 5. The molecule has 1 aromatic rings. The fourth-order valence-corrected chi connectivity index (χ4v) is 2.63. The first-order valence-corrected chi connectivity index (χ1v) is 7.68. The molecule has 2 N–H and O–H groups in total. The van der Waals surface area contributed by atoms with Gasteiger partial charge in [0.15, 0.2) is 5.96 Å². The molecule has 1 saturated carbocycles. The van der Waals surface area contributed by atoms with Gasteiger partial charge in [-0.2, -0.15) is 0 Å². The van der Waals surface area contributed by atoms with Crippen molar-refractivity contribution in [2.24, 2.45) is 4.99 Å². The standard InChI is InChI=1S/C16H23F2N3/c1-2-19-16(21-12-6-3-4-7-12)20-11-10-13-14(17)8-5-9-15(13)18/h5,8-9,12H,2-4,6-7,10-11H2,1H3,(H2,19,20,21). The van der Waals surface area contributed by atoms with Crippen LogP contribution in [0.5, 0.6) is 0 Å². The largest absolute Gasteiger partial charge is 0.357 e. The highest BCUT2D eigenvalue weighted by Crippen LogP contribution is 2.17. The van der Waals surface area contributed by atoms with Crippen LogP contribution in [0.3, 0.4) is 0 Å². The van der Waals surface area contributed by atoms with Gasteiger partial charge in [0.05, 0.1) is 0 Å². The molecule has 0 bridgehead atoms. The van der Waals surface area contributed by atoms with Gasteiger partial charge in [0.2, 0.25) is 0 Å². The third-order valence-electron chi connectivity index (χ3n) is 3.73. The lowest BCUT2D eigenvalue weighted by atomic mass is 10.1. The molecule has 1 aliphatic carbocycles. The van der Waals surface area contributed by atoms with E-state index in [1.165, 1.54) is 31.0 Å². The number of hydrogen-bond acceptors (Lipinski definition) is 1. The normalized spacial score (nSPS) is 16.2. The summed E-state index contributed by atoms with van der Waals surface area (Å²) in [6.07, 6.45) is 5.08. The summed E-state index contributed by atoms with van der Waals surface area (Å²) in [5, 5.41) is 6.56. The van der Waals surface area contributed by atoms with Crippen molar-refractivity contribution in [3.05, 3.63) is 35.4 Å². The predicted molar refractivity (Wildman–Crippen MR) is 81.4 cm³/mol. The summed E-state index contributed by atoms with van der Waals surface area (Å²) in [7, 11) is 0. The molecule has 21 heavy (non-hydrogen) atoms. The lowest BCUT2D eigenvalue weighted by Gasteiger charge is -2.16. The third kappa shape index (κ3) is 4.69. The van der Waals surface area contributed by atoms with Crippen LogP contribution in [0.25, 0.3) is 0 Å². The molecule has 0 saturated heterocycles. The molecule has 116 valence electrons. The molecule has 0 aromatic heterocycles. The van der Waals surface area contributed by atoms with Crippen LogP contribution < -0.4 is 10.6 Å². The summed E-state index contributed by atoms with van der Waals surface area (Å²) in [5.41, 5.74) is 0.109. The summed E-state index contributed by atoms with van der Waals surface area (Å²) >= 11 is 0. The molecule has 3 nitrogen and oxygen atoms in total. The first-order chi connectivity index (χ1) is 10.2. The third-order valence-corrected chi connectivity index (χ3v) is 3.73. The Bertz CT molecular complexity index is 462. The molecule has 0 amide bonds. The average Bonchev–Trinajstić information content (AvgIpc) is 2.95. The highest BCUT2D eigenvalue weighted by molar-refractivity contribution is 5.80. The minimum absolute atomic E-state index is 0.109. The Labute approximate surface area is 124 Å². The first-order valence-electron chi connectivity index (χ1n) is 7.68. The fourth-order valence-electron chi connectivity index (χ4n) is 2.63. The zero-order chi connectivity index (χ0) is 15.1. The van der Waals surface area contributed by atoms with Crippen LogP contribution in [0.4, 0.5) is 8.78 Å². The van der Waals surface area contributed by atoms with E-state index in [9.17, 15) is 8.78 Å². The van der Waals surface area contributed by atoms with Gasteiger partial charge in [-0.15, -0.1) is 0 Å². The van der Waals surface area contributed by atoms with Gasteiger partial charge in [-0.25, -0.2) is 8.78 Å². The SMILES string of the molecule is CCNC(=NCCc1c(F)cccc1F)NC1CCCC1. The van der Waals surface area contributed by atoms with Crippen molar-refractivity contribution in [3.63, 3.8) is 0 Å². The van der Waals surface area contributed by atoms with E-state index in [1.807, 2.05) is 6.92 Å². The van der Waals surface area contributed by atoms with Crippen molar-refractivity contribution in [2.75, 3.05) is 13.1 Å². The smallest absolute Gasteiger partial charge is 0.191 e. The van der Waals surface area contributed by atoms with E-state index >= 15 is 0 Å². The average molecular weight is 295 g/mol. The number of nitrogens with zero attached hydrogens (tertiary/aromatic N) is 1. The topological polar surface area (TPSA) is 36.4 Å². The molecule has 0 aliphatic heterocycles. The number of guanidine groups is 1. The Morgan fingerprint density at radius 2 is 1.90 bits per heavy atom. The second-order valence-corrected chi connectivity index (χ2v) is 5.34. The summed E-state index contributed by atoms with van der Waals surface area (Å²) in [6, 6.07) is 4.41. The maximum atomic E-state index is 13.5. The van der Waals surface area contributed by atoms with E-state index in [4.69, 9.17) is 0 Å². The van der Waals surface area contributed by atoms with Gasteiger partial charge in [-0.05, 0) is 38.3 Å². The van der Waals surface area contributed by atoms with Crippen LogP contribution in [0.15, 0.2) is 23.2 Å². The highest BCUT2D eigenvalue weighted by atomic mass is 19.1. The predicted octanol–water partition coefficient (Wildman–Crippen LogP) is 3.01. The van der Waals surface area contributed by atoms with Gasteiger partial charge >= 0.3 is 0 Å². The molecule has 0 heterocycles. The van der Waals surface area contributed by atoms with Crippen LogP contribution in [0, 0.1) is 11.6 Å². The van der Waals surface area contributed by atoms with Crippen molar-refractivity contribution < 1.29 is 8.78 Å². The number of benzene rings is 1. The van der Waals surface area contributed by atoms with Gasteiger partial charge < -0.3 is 10.6 Å². The van der Waals surface area contributed by atoms with E-state index in [2.05, 4.69) is 15.6 Å². The minimum atomic E-state index is -0.501. The molecule has 0 radical (unpaired) electrons. The summed E-state index contributed by atoms with van der Waals surface area (Å²) in [4.78, 5) is 4.42. The Morgan fingerprint density at radius 1 is 1.24 bits per heavy atom. The molecule has 5 heteroatoms. The van der Waals surface area contributed by atoms with Gasteiger partial charge in [-0.1, -0.05) is 18.9 Å². The van der Waals surface area contributed by atoms with Crippen molar-refractivity contribution in [1.82, 2.24) is 10.6 Å². The molecule has 1 fully saturated rings. The van der Waals surface area contributed by atoms with E-state index in [1.54, 1.807) is 0 Å². The van der Waals surface area contributed by atoms with Gasteiger partial charge in [0.1, 0.15) is 11.6 Å². The summed E-state index contributed by atoms with van der Waals surface area (Å²) < 4.78 is 27.1. The summed E-state index contributed by atoms with van der Waals surface area (Å²) in [5.74, 6) is -0.265. The summed E-state index contributed by atoms with van der Waals surface area (Å²) in [6.45, 7) is 3.13. The maximum absolute atomic E-state index is 13.5. The van der Waals surface area contributed by atoms with Crippen molar-refractivity contribution in [2.45, 2.75) is 45.1 Å². The molecular formula is C16H23F2N3. The van der Waals surface area contributed by atoms with Crippen molar-refractivity contribution >= 4 is 5.96 Å². The van der Waals surface area contributed by atoms with E-state index in [0.717, 1.165) is 25.3 Å². The van der Waals surface area contributed by atoms with E-state index in [0.29, 0.717) is 12.6 Å². The molecule has 1 aromatic carbocycles. The first kappa shape index (κ1) is 15.7. The number of halogens is 2. The van der Waals surface area contributed by atoms with Crippen LogP contribution in [-0.2, 0) is 6.42 Å². The van der Waals surface area contributed by atoms with Crippen molar-refractivity contribution in [3.8, 4) is 0 Å². The van der Waals surface area contributed by atoms with E-state index in [-0.39, 0.29) is 12.0 Å². The van der Waals surface area contributed by atoms with Crippen LogP contribution in [0.2, 0.25) is 0 Å². The van der Waals surface area contributed by atoms with Crippen LogP contribution in [-0.4, -0.2) is 25.1 Å². The Hall–Kier alpha value is -1.65. The van der Waals surface area contributed by atoms with Gasteiger partial charge in [0.25, 0.3) is 0 Å². The quantitative estimate of drug-likeness (QED) is 0.647. The lowest BCUT2D eigenvalue weighted by Crippen LogP contribution is -2.42. The second-order valence-electron chi connectivity index (χ2n) is 5.34. The van der Waals surface area contributed by atoms with Crippen molar-refractivity contribution in [1.29, 1.82) is 0 Å². The monoisotopic (exact) mass is 295 g/mol. The Balaban J connectivity index is 1.92. The van der Waals surface area contributed by atoms with Gasteiger partial charge in [-0.3, -0.25) is 4.99 Å². The highest BCUT2D eigenvalue weighted by Gasteiger charge is 2.15. The fraction of sp³-hybridized carbons (Fsp3) is 0.562. The molecule has 0 atom stereocenters. The maximum Gasteiger partial charge on any atom is 0.191 e. The molecule has 0 unspecified atom stereocenters. The molecule has 0 spiro atoms. The zero-order valence-electron chi connectivity index (χ0n) is 12.5.